The minimum Gasteiger partial charge on any atom is -0.313 e. The Hall–Kier alpha value is -1.72. The molecule has 4 rings (SSSR count). The molecule has 2 aliphatic heterocycles. The van der Waals surface area contributed by atoms with Gasteiger partial charge in [0.15, 0.2) is 0 Å². The Morgan fingerprint density at radius 3 is 2.64 bits per heavy atom. The number of nitrogens with zero attached hydrogens (tertiary/aromatic N) is 5. The summed E-state index contributed by atoms with van der Waals surface area (Å²) in [6.45, 7) is 9.75. The number of rotatable bonds is 3. The summed E-state index contributed by atoms with van der Waals surface area (Å²) in [5.41, 5.74) is 1.41. The number of aryl methyl sites for hydroxylation is 1. The third-order valence-corrected chi connectivity index (χ3v) is 5.20. The molecule has 5 nitrogen and oxygen atoms in total. The summed E-state index contributed by atoms with van der Waals surface area (Å²) >= 11 is 0. The molecule has 2 aliphatic rings. The van der Waals surface area contributed by atoms with E-state index in [1.807, 2.05) is 6.92 Å². The molecule has 1 fully saturated rings. The number of benzene rings is 1. The summed E-state index contributed by atoms with van der Waals surface area (Å²) in [5.74, 6) is 2.17. The molecule has 5 heteroatoms. The first kappa shape index (κ1) is 13.9. The van der Waals surface area contributed by atoms with Crippen LogP contribution in [0.25, 0.3) is 0 Å². The van der Waals surface area contributed by atoms with E-state index >= 15 is 0 Å². The van der Waals surface area contributed by atoms with E-state index < -0.39 is 0 Å². The molecule has 1 aromatic carbocycles. The summed E-state index contributed by atoms with van der Waals surface area (Å²) in [4.78, 5) is 5.13. The van der Waals surface area contributed by atoms with E-state index in [9.17, 15) is 0 Å². The highest BCUT2D eigenvalue weighted by molar-refractivity contribution is 5.19. The van der Waals surface area contributed by atoms with Gasteiger partial charge in [-0.3, -0.25) is 9.80 Å². The van der Waals surface area contributed by atoms with Crippen LogP contribution < -0.4 is 0 Å². The molecule has 0 N–H and O–H groups in total. The fourth-order valence-electron chi connectivity index (χ4n) is 3.61. The summed E-state index contributed by atoms with van der Waals surface area (Å²) in [6, 6.07) is 12.0. The van der Waals surface area contributed by atoms with Crippen molar-refractivity contribution in [2.75, 3.05) is 19.6 Å². The van der Waals surface area contributed by atoms with E-state index in [0.29, 0.717) is 12.1 Å². The van der Waals surface area contributed by atoms with Crippen molar-refractivity contribution >= 4 is 0 Å². The highest BCUT2D eigenvalue weighted by Crippen LogP contribution is 2.28. The Kier molecular flexibility index (Phi) is 3.47. The van der Waals surface area contributed by atoms with Crippen LogP contribution in [-0.4, -0.2) is 50.2 Å². The van der Waals surface area contributed by atoms with Crippen molar-refractivity contribution in [3.8, 4) is 0 Å². The lowest BCUT2D eigenvalue weighted by Gasteiger charge is -2.49. The average molecular weight is 297 g/mol. The van der Waals surface area contributed by atoms with Gasteiger partial charge >= 0.3 is 0 Å². The molecule has 22 heavy (non-hydrogen) atoms. The minimum atomic E-state index is 0.508. The second-order valence-corrected chi connectivity index (χ2v) is 6.48. The van der Waals surface area contributed by atoms with Crippen molar-refractivity contribution in [2.24, 2.45) is 0 Å². The number of likely N-dealkylation sites (tertiary alicyclic amines) is 1. The molecule has 0 unspecified atom stereocenters. The Morgan fingerprint density at radius 2 is 1.86 bits per heavy atom. The van der Waals surface area contributed by atoms with Gasteiger partial charge in [0.2, 0.25) is 0 Å². The van der Waals surface area contributed by atoms with E-state index in [-0.39, 0.29) is 0 Å². The van der Waals surface area contributed by atoms with Crippen LogP contribution in [0.5, 0.6) is 0 Å². The smallest absolute Gasteiger partial charge is 0.147 e. The van der Waals surface area contributed by atoms with Crippen molar-refractivity contribution < 1.29 is 0 Å². The van der Waals surface area contributed by atoms with Crippen molar-refractivity contribution in [2.45, 2.75) is 39.0 Å². The molecule has 1 atom stereocenters. The molecular weight excluding hydrogens is 274 g/mol. The minimum absolute atomic E-state index is 0.508. The Morgan fingerprint density at radius 1 is 1.09 bits per heavy atom. The molecular formula is C17H23N5. The van der Waals surface area contributed by atoms with Crippen LogP contribution in [0.4, 0.5) is 0 Å². The quantitative estimate of drug-likeness (QED) is 0.866. The molecule has 1 saturated heterocycles. The van der Waals surface area contributed by atoms with Gasteiger partial charge in [0.25, 0.3) is 0 Å². The highest BCUT2D eigenvalue weighted by atomic mass is 15.4. The van der Waals surface area contributed by atoms with Gasteiger partial charge in [-0.25, -0.2) is 0 Å². The zero-order valence-corrected chi connectivity index (χ0v) is 13.3. The number of hydrogen-bond donors (Lipinski definition) is 0. The second-order valence-electron chi connectivity index (χ2n) is 6.48. The zero-order valence-electron chi connectivity index (χ0n) is 13.3. The summed E-state index contributed by atoms with van der Waals surface area (Å²) in [7, 11) is 0. The molecule has 0 radical (unpaired) electrons. The van der Waals surface area contributed by atoms with Gasteiger partial charge in [-0.2, -0.15) is 0 Å². The van der Waals surface area contributed by atoms with Crippen LogP contribution in [0.1, 0.15) is 30.2 Å². The Labute approximate surface area is 131 Å². The molecule has 0 amide bonds. The lowest BCUT2D eigenvalue weighted by molar-refractivity contribution is -0.00465. The first-order chi connectivity index (χ1) is 10.7. The van der Waals surface area contributed by atoms with E-state index in [4.69, 9.17) is 0 Å². The van der Waals surface area contributed by atoms with Crippen molar-refractivity contribution in [3.05, 3.63) is 47.5 Å². The predicted molar refractivity (Wildman–Crippen MR) is 85.4 cm³/mol. The maximum atomic E-state index is 4.31. The largest absolute Gasteiger partial charge is 0.313 e. The molecule has 0 bridgehead atoms. The highest BCUT2D eigenvalue weighted by Gasteiger charge is 2.36. The normalized spacial score (nSPS) is 21.4. The Bertz CT molecular complexity index is 644. The van der Waals surface area contributed by atoms with Crippen LogP contribution in [0.15, 0.2) is 30.3 Å². The lowest BCUT2D eigenvalue weighted by Crippen LogP contribution is -2.60. The number of aromatic nitrogens is 3. The van der Waals surface area contributed by atoms with E-state index in [2.05, 4.69) is 61.8 Å². The molecule has 3 heterocycles. The maximum absolute atomic E-state index is 4.31. The third kappa shape index (κ3) is 2.34. The first-order valence-electron chi connectivity index (χ1n) is 8.14. The average Bonchev–Trinajstić information content (AvgIpc) is 2.88. The van der Waals surface area contributed by atoms with Gasteiger partial charge in [0.05, 0.1) is 6.54 Å². The molecule has 1 aromatic heterocycles. The SMILES string of the molecule is Cc1nnc2n1CCN(C1CN([C@H](C)c3ccccc3)C1)C2. The van der Waals surface area contributed by atoms with E-state index in [0.717, 1.165) is 44.4 Å². The molecule has 0 aliphatic carbocycles. The van der Waals surface area contributed by atoms with Gasteiger partial charge in [-0.15, -0.1) is 10.2 Å². The topological polar surface area (TPSA) is 37.2 Å². The molecule has 2 aromatic rings. The third-order valence-electron chi connectivity index (χ3n) is 5.20. The van der Waals surface area contributed by atoms with Gasteiger partial charge in [0.1, 0.15) is 11.6 Å². The van der Waals surface area contributed by atoms with Crippen LogP contribution in [0, 0.1) is 6.92 Å². The van der Waals surface area contributed by atoms with Crippen molar-refractivity contribution in [3.63, 3.8) is 0 Å². The monoisotopic (exact) mass is 297 g/mol. The van der Waals surface area contributed by atoms with E-state index in [1.54, 1.807) is 0 Å². The van der Waals surface area contributed by atoms with Gasteiger partial charge < -0.3 is 4.57 Å². The molecule has 0 saturated carbocycles. The summed E-state index contributed by atoms with van der Waals surface area (Å²) < 4.78 is 2.25. The lowest BCUT2D eigenvalue weighted by atomic mass is 9.99. The van der Waals surface area contributed by atoms with Crippen LogP contribution >= 0.6 is 0 Å². The molecule has 116 valence electrons. The zero-order chi connectivity index (χ0) is 15.1. The predicted octanol–water partition coefficient (Wildman–Crippen LogP) is 1.85. The fourth-order valence-corrected chi connectivity index (χ4v) is 3.61. The fraction of sp³-hybridized carbons (Fsp3) is 0.529. The molecule has 0 spiro atoms. The first-order valence-corrected chi connectivity index (χ1v) is 8.14. The number of fused-ring (bicyclic) bond motifs is 1. The van der Waals surface area contributed by atoms with Crippen molar-refractivity contribution in [1.29, 1.82) is 0 Å². The van der Waals surface area contributed by atoms with E-state index in [1.165, 1.54) is 5.56 Å². The Balaban J connectivity index is 1.36. The summed E-state index contributed by atoms with van der Waals surface area (Å²) in [6.07, 6.45) is 0. The standard InChI is InChI=1S/C17H23N5/c1-13(15-6-4-3-5-7-15)21-10-16(11-21)20-8-9-22-14(2)18-19-17(22)12-20/h3-7,13,16H,8-12H2,1-2H3/t13-/m1/s1. The van der Waals surface area contributed by atoms with Gasteiger partial charge in [-0.1, -0.05) is 30.3 Å². The number of hydrogen-bond acceptors (Lipinski definition) is 4. The van der Waals surface area contributed by atoms with Gasteiger partial charge in [0, 0.05) is 38.3 Å². The van der Waals surface area contributed by atoms with Crippen LogP contribution in [0.3, 0.4) is 0 Å². The second kappa shape index (κ2) is 5.48. The van der Waals surface area contributed by atoms with Crippen LogP contribution in [-0.2, 0) is 13.1 Å². The van der Waals surface area contributed by atoms with Gasteiger partial charge in [-0.05, 0) is 19.4 Å². The van der Waals surface area contributed by atoms with Crippen LogP contribution in [0.2, 0.25) is 0 Å². The maximum Gasteiger partial charge on any atom is 0.147 e. The summed E-state index contributed by atoms with van der Waals surface area (Å²) in [5, 5.41) is 8.50. The van der Waals surface area contributed by atoms with Crippen molar-refractivity contribution in [1.82, 2.24) is 24.6 Å².